The third-order valence-corrected chi connectivity index (χ3v) is 3.43. The Morgan fingerprint density at radius 3 is 2.88 bits per heavy atom. The molecule has 1 saturated carbocycles. The molecular formula is C13H15NO2. The van der Waals surface area contributed by atoms with Crippen LogP contribution in [0.2, 0.25) is 0 Å². The van der Waals surface area contributed by atoms with Gasteiger partial charge in [0.15, 0.2) is 0 Å². The first-order valence-corrected chi connectivity index (χ1v) is 5.79. The molecule has 16 heavy (non-hydrogen) atoms. The van der Waals surface area contributed by atoms with Crippen molar-refractivity contribution in [1.29, 1.82) is 0 Å². The molecule has 2 aliphatic rings. The van der Waals surface area contributed by atoms with Gasteiger partial charge in [0.2, 0.25) is 5.91 Å². The number of carbonyl (C=O) groups is 1. The van der Waals surface area contributed by atoms with Crippen molar-refractivity contribution in [3.63, 3.8) is 0 Å². The van der Waals surface area contributed by atoms with E-state index in [1.807, 2.05) is 6.07 Å². The van der Waals surface area contributed by atoms with Crippen LogP contribution in [-0.2, 0) is 17.6 Å². The predicted octanol–water partition coefficient (Wildman–Crippen LogP) is 1.64. The fraction of sp³-hybridized carbons (Fsp3) is 0.462. The Labute approximate surface area is 94.5 Å². The third kappa shape index (κ3) is 1.83. The van der Waals surface area contributed by atoms with E-state index in [1.54, 1.807) is 0 Å². The second-order valence-electron chi connectivity index (χ2n) is 4.94. The first-order chi connectivity index (χ1) is 7.65. The normalized spacial score (nSPS) is 21.2. The Bertz CT molecular complexity index is 449. The molecule has 1 fully saturated rings. The van der Waals surface area contributed by atoms with E-state index in [2.05, 4.69) is 17.4 Å². The number of amides is 1. The molecule has 0 radical (unpaired) electrons. The predicted molar refractivity (Wildman–Crippen MR) is 61.3 cm³/mol. The molecule has 3 heteroatoms. The van der Waals surface area contributed by atoms with Gasteiger partial charge in [0.25, 0.3) is 0 Å². The van der Waals surface area contributed by atoms with Crippen LogP contribution < -0.4 is 5.32 Å². The van der Waals surface area contributed by atoms with E-state index in [9.17, 15) is 9.90 Å². The lowest BCUT2D eigenvalue weighted by atomic mass is 9.98. The Balaban J connectivity index is 1.86. The van der Waals surface area contributed by atoms with Gasteiger partial charge in [-0.15, -0.1) is 0 Å². The number of nitrogens with one attached hydrogen (secondary N) is 1. The smallest absolute Gasteiger partial charge is 0.224 e. The van der Waals surface area contributed by atoms with Crippen molar-refractivity contribution >= 4 is 11.6 Å². The van der Waals surface area contributed by atoms with Gasteiger partial charge in [-0.3, -0.25) is 4.79 Å². The SMILES string of the molecule is O=C1CCc2ccc(CC3(O)CC3)cc2N1. The highest BCUT2D eigenvalue weighted by atomic mass is 16.3. The average Bonchev–Trinajstić information content (AvgIpc) is 2.95. The standard InChI is InChI=1S/C13H15NO2/c15-12-4-3-10-2-1-9(7-11(10)14-12)8-13(16)5-6-13/h1-2,7,16H,3-6,8H2,(H,14,15). The molecule has 0 unspecified atom stereocenters. The minimum Gasteiger partial charge on any atom is -0.390 e. The molecular weight excluding hydrogens is 202 g/mol. The van der Waals surface area contributed by atoms with E-state index < -0.39 is 5.60 Å². The van der Waals surface area contributed by atoms with Gasteiger partial charge < -0.3 is 10.4 Å². The van der Waals surface area contributed by atoms with E-state index >= 15 is 0 Å². The molecule has 2 N–H and O–H groups in total. The number of benzene rings is 1. The molecule has 1 aromatic carbocycles. The summed E-state index contributed by atoms with van der Waals surface area (Å²) in [5, 5.41) is 12.7. The Kier molecular flexibility index (Phi) is 2.04. The highest BCUT2D eigenvalue weighted by Crippen LogP contribution is 2.39. The van der Waals surface area contributed by atoms with Gasteiger partial charge in [-0.05, 0) is 36.5 Å². The maximum absolute atomic E-state index is 11.3. The van der Waals surface area contributed by atoms with Crippen molar-refractivity contribution in [3.8, 4) is 0 Å². The molecule has 1 aromatic rings. The van der Waals surface area contributed by atoms with Gasteiger partial charge >= 0.3 is 0 Å². The van der Waals surface area contributed by atoms with Gasteiger partial charge in [0.05, 0.1) is 5.60 Å². The molecule has 1 heterocycles. The number of anilines is 1. The molecule has 3 nitrogen and oxygen atoms in total. The van der Waals surface area contributed by atoms with E-state index in [-0.39, 0.29) is 5.91 Å². The van der Waals surface area contributed by atoms with Crippen LogP contribution in [-0.4, -0.2) is 16.6 Å². The van der Waals surface area contributed by atoms with Crippen LogP contribution in [0.15, 0.2) is 18.2 Å². The average molecular weight is 217 g/mol. The summed E-state index contributed by atoms with van der Waals surface area (Å²) in [4.78, 5) is 11.3. The van der Waals surface area contributed by atoms with Gasteiger partial charge in [-0.25, -0.2) is 0 Å². The van der Waals surface area contributed by atoms with Crippen molar-refractivity contribution in [2.24, 2.45) is 0 Å². The van der Waals surface area contributed by atoms with Crippen LogP contribution in [0.1, 0.15) is 30.4 Å². The zero-order valence-electron chi connectivity index (χ0n) is 9.12. The summed E-state index contributed by atoms with van der Waals surface area (Å²) in [5.41, 5.74) is 2.78. The second-order valence-corrected chi connectivity index (χ2v) is 4.94. The van der Waals surface area contributed by atoms with Crippen LogP contribution in [0.25, 0.3) is 0 Å². The number of aryl methyl sites for hydroxylation is 1. The van der Waals surface area contributed by atoms with Crippen LogP contribution in [0, 0.1) is 0 Å². The van der Waals surface area contributed by atoms with E-state index in [0.717, 1.165) is 30.5 Å². The molecule has 0 saturated heterocycles. The molecule has 0 bridgehead atoms. The van der Waals surface area contributed by atoms with E-state index in [4.69, 9.17) is 0 Å². The van der Waals surface area contributed by atoms with Gasteiger partial charge in [0.1, 0.15) is 0 Å². The Hall–Kier alpha value is -1.35. The van der Waals surface area contributed by atoms with Gasteiger partial charge in [-0.2, -0.15) is 0 Å². The highest BCUT2D eigenvalue weighted by molar-refractivity contribution is 5.93. The van der Waals surface area contributed by atoms with Gasteiger partial charge in [-0.1, -0.05) is 12.1 Å². The number of hydrogen-bond acceptors (Lipinski definition) is 2. The van der Waals surface area contributed by atoms with Crippen molar-refractivity contribution in [2.45, 2.75) is 37.7 Å². The minimum atomic E-state index is -0.465. The topological polar surface area (TPSA) is 49.3 Å². The molecule has 0 atom stereocenters. The van der Waals surface area contributed by atoms with Crippen molar-refractivity contribution in [3.05, 3.63) is 29.3 Å². The maximum Gasteiger partial charge on any atom is 0.224 e. The number of hydrogen-bond donors (Lipinski definition) is 2. The quantitative estimate of drug-likeness (QED) is 0.791. The summed E-state index contributed by atoms with van der Waals surface area (Å²) in [6, 6.07) is 6.13. The van der Waals surface area contributed by atoms with E-state index in [1.165, 1.54) is 5.56 Å². The summed E-state index contributed by atoms with van der Waals surface area (Å²) in [7, 11) is 0. The Morgan fingerprint density at radius 1 is 1.31 bits per heavy atom. The van der Waals surface area contributed by atoms with Crippen LogP contribution in [0.4, 0.5) is 5.69 Å². The summed E-state index contributed by atoms with van der Waals surface area (Å²) < 4.78 is 0. The number of fused-ring (bicyclic) bond motifs is 1. The van der Waals surface area contributed by atoms with Gasteiger partial charge in [0, 0.05) is 18.5 Å². The van der Waals surface area contributed by atoms with Crippen LogP contribution in [0.3, 0.4) is 0 Å². The Morgan fingerprint density at radius 2 is 2.12 bits per heavy atom. The summed E-state index contributed by atoms with van der Waals surface area (Å²) in [5.74, 6) is 0.0924. The van der Waals surface area contributed by atoms with Crippen molar-refractivity contribution in [2.75, 3.05) is 5.32 Å². The first kappa shape index (κ1) is 9.85. The minimum absolute atomic E-state index is 0.0924. The third-order valence-electron chi connectivity index (χ3n) is 3.43. The second kappa shape index (κ2) is 3.32. The molecule has 3 rings (SSSR count). The van der Waals surface area contributed by atoms with E-state index in [0.29, 0.717) is 12.8 Å². The largest absolute Gasteiger partial charge is 0.390 e. The molecule has 1 aliphatic heterocycles. The number of carbonyl (C=O) groups excluding carboxylic acids is 1. The lowest BCUT2D eigenvalue weighted by Gasteiger charge is -2.18. The zero-order chi connectivity index (χ0) is 11.2. The highest BCUT2D eigenvalue weighted by Gasteiger charge is 2.40. The number of aliphatic hydroxyl groups is 1. The summed E-state index contributed by atoms with van der Waals surface area (Å²) in [6.45, 7) is 0. The summed E-state index contributed by atoms with van der Waals surface area (Å²) in [6.07, 6.45) is 3.91. The first-order valence-electron chi connectivity index (χ1n) is 5.79. The molecule has 84 valence electrons. The fourth-order valence-corrected chi connectivity index (χ4v) is 2.23. The number of rotatable bonds is 2. The van der Waals surface area contributed by atoms with Crippen LogP contribution in [0.5, 0.6) is 0 Å². The lowest BCUT2D eigenvalue weighted by Crippen LogP contribution is -2.19. The molecule has 0 spiro atoms. The summed E-state index contributed by atoms with van der Waals surface area (Å²) >= 11 is 0. The lowest BCUT2D eigenvalue weighted by molar-refractivity contribution is -0.116. The van der Waals surface area contributed by atoms with Crippen molar-refractivity contribution < 1.29 is 9.90 Å². The molecule has 1 aliphatic carbocycles. The fourth-order valence-electron chi connectivity index (χ4n) is 2.23. The molecule has 0 aromatic heterocycles. The zero-order valence-corrected chi connectivity index (χ0v) is 9.12. The monoisotopic (exact) mass is 217 g/mol. The molecule has 1 amide bonds. The maximum atomic E-state index is 11.3. The van der Waals surface area contributed by atoms with Crippen LogP contribution >= 0.6 is 0 Å². The van der Waals surface area contributed by atoms with Crippen molar-refractivity contribution in [1.82, 2.24) is 0 Å².